The van der Waals surface area contributed by atoms with E-state index in [1.54, 1.807) is 18.2 Å². The molecule has 0 aliphatic carbocycles. The van der Waals surface area contributed by atoms with E-state index in [0.717, 1.165) is 0 Å². The van der Waals surface area contributed by atoms with E-state index in [9.17, 15) is 9.18 Å². The molecule has 1 aliphatic heterocycles. The van der Waals surface area contributed by atoms with Crippen LogP contribution in [0, 0.1) is 5.82 Å². The molecule has 16 heavy (non-hydrogen) atoms. The third-order valence-electron chi connectivity index (χ3n) is 2.29. The molecule has 0 radical (unpaired) electrons. The van der Waals surface area contributed by atoms with Gasteiger partial charge in [0, 0.05) is 0 Å². The molecule has 1 aromatic carbocycles. The zero-order chi connectivity index (χ0) is 11.5. The van der Waals surface area contributed by atoms with Gasteiger partial charge in [-0.1, -0.05) is 18.2 Å². The lowest BCUT2D eigenvalue weighted by molar-refractivity contribution is -0.138. The maximum atomic E-state index is 13.3. The van der Waals surface area contributed by atoms with Crippen LogP contribution in [0.5, 0.6) is 0 Å². The molecule has 4 nitrogen and oxygen atoms in total. The predicted octanol–water partition coefficient (Wildman–Crippen LogP) is 1.25. The molecule has 1 atom stereocenters. The quantitative estimate of drug-likeness (QED) is 0.838. The van der Waals surface area contributed by atoms with Crippen molar-refractivity contribution in [3.63, 3.8) is 0 Å². The molecule has 1 aliphatic rings. The fraction of sp³-hybridized carbons (Fsp3) is 0.273. The molecule has 0 saturated carbocycles. The number of hydrogen-bond acceptors (Lipinski definition) is 3. The summed E-state index contributed by atoms with van der Waals surface area (Å²) in [7, 11) is 0. The fourth-order valence-corrected chi connectivity index (χ4v) is 1.45. The zero-order valence-electron chi connectivity index (χ0n) is 8.39. The van der Waals surface area contributed by atoms with Gasteiger partial charge >= 0.3 is 5.97 Å². The van der Waals surface area contributed by atoms with Crippen LogP contribution in [0.4, 0.5) is 4.39 Å². The molecule has 0 spiro atoms. The number of hydrogen-bond donors (Lipinski definition) is 1. The van der Waals surface area contributed by atoms with Crippen LogP contribution in [0.15, 0.2) is 29.3 Å². The summed E-state index contributed by atoms with van der Waals surface area (Å²) in [5.74, 6) is -1.09. The van der Waals surface area contributed by atoms with Crippen molar-refractivity contribution < 1.29 is 19.0 Å². The Morgan fingerprint density at radius 1 is 1.56 bits per heavy atom. The smallest absolute Gasteiger partial charge is 0.332 e. The lowest BCUT2D eigenvalue weighted by atomic mass is 10.1. The standard InChI is InChI=1S/C11H10FNO3/c12-8-4-2-1-3-7(8)5-10-13-9(6-16-10)11(14)15/h1-4,9H,5-6H2,(H,14,15). The van der Waals surface area contributed by atoms with E-state index in [-0.39, 0.29) is 24.7 Å². The number of carboxylic acids is 1. The van der Waals surface area contributed by atoms with Gasteiger partial charge < -0.3 is 9.84 Å². The number of rotatable bonds is 3. The second kappa shape index (κ2) is 4.30. The minimum atomic E-state index is -1.02. The summed E-state index contributed by atoms with van der Waals surface area (Å²) in [6.07, 6.45) is 0.191. The molecule has 0 aromatic heterocycles. The highest BCUT2D eigenvalue weighted by atomic mass is 19.1. The first-order valence-electron chi connectivity index (χ1n) is 4.82. The molecule has 0 fully saturated rings. The molecule has 2 rings (SSSR count). The predicted molar refractivity (Wildman–Crippen MR) is 54.9 cm³/mol. The molecule has 1 unspecified atom stereocenters. The van der Waals surface area contributed by atoms with Crippen LogP contribution in [-0.4, -0.2) is 29.6 Å². The Morgan fingerprint density at radius 2 is 2.31 bits per heavy atom. The monoisotopic (exact) mass is 223 g/mol. The number of aliphatic carboxylic acids is 1. The SMILES string of the molecule is O=C(O)C1COC(Cc2ccccc2F)=N1. The Balaban J connectivity index is 2.09. The summed E-state index contributed by atoms with van der Waals surface area (Å²) < 4.78 is 18.4. The molecule has 0 bridgehead atoms. The lowest BCUT2D eigenvalue weighted by Gasteiger charge is -2.02. The third-order valence-corrected chi connectivity index (χ3v) is 2.29. The number of carboxylic acid groups (broad SMARTS) is 1. The molecule has 5 heteroatoms. The van der Waals surface area contributed by atoms with Gasteiger partial charge in [0.05, 0.1) is 6.42 Å². The first-order valence-corrected chi connectivity index (χ1v) is 4.82. The van der Waals surface area contributed by atoms with Gasteiger partial charge in [0.1, 0.15) is 12.4 Å². The Bertz CT molecular complexity index is 445. The van der Waals surface area contributed by atoms with E-state index in [2.05, 4.69) is 4.99 Å². The van der Waals surface area contributed by atoms with Crippen molar-refractivity contribution in [2.45, 2.75) is 12.5 Å². The topological polar surface area (TPSA) is 58.9 Å². The Hall–Kier alpha value is -1.91. The van der Waals surface area contributed by atoms with Crippen molar-refractivity contribution in [1.82, 2.24) is 0 Å². The summed E-state index contributed by atoms with van der Waals surface area (Å²) in [5, 5.41) is 8.69. The Morgan fingerprint density at radius 3 is 2.94 bits per heavy atom. The second-order valence-electron chi connectivity index (χ2n) is 3.46. The number of ether oxygens (including phenoxy) is 1. The van der Waals surface area contributed by atoms with Crippen LogP contribution in [0.3, 0.4) is 0 Å². The Labute approximate surface area is 91.4 Å². The molecular formula is C11H10FNO3. The van der Waals surface area contributed by atoms with E-state index in [1.807, 2.05) is 0 Å². The highest BCUT2D eigenvalue weighted by Gasteiger charge is 2.25. The number of carbonyl (C=O) groups is 1. The van der Waals surface area contributed by atoms with E-state index < -0.39 is 12.0 Å². The average molecular weight is 223 g/mol. The van der Waals surface area contributed by atoms with Crippen molar-refractivity contribution in [3.05, 3.63) is 35.6 Å². The maximum absolute atomic E-state index is 13.3. The first-order chi connectivity index (χ1) is 7.66. The number of aliphatic imine (C=N–C) groups is 1. The normalized spacial score (nSPS) is 19.1. The van der Waals surface area contributed by atoms with Crippen LogP contribution in [0.2, 0.25) is 0 Å². The van der Waals surface area contributed by atoms with E-state index in [1.165, 1.54) is 6.07 Å². The minimum Gasteiger partial charge on any atom is -0.480 e. The van der Waals surface area contributed by atoms with Crippen LogP contribution in [-0.2, 0) is 16.0 Å². The van der Waals surface area contributed by atoms with Crippen molar-refractivity contribution in [2.75, 3.05) is 6.61 Å². The molecule has 0 amide bonds. The molecule has 1 N–H and O–H groups in total. The second-order valence-corrected chi connectivity index (χ2v) is 3.46. The highest BCUT2D eigenvalue weighted by molar-refractivity contribution is 5.86. The summed E-state index contributed by atoms with van der Waals surface area (Å²) in [5.41, 5.74) is 0.451. The molecule has 1 heterocycles. The van der Waals surface area contributed by atoms with Crippen molar-refractivity contribution in [3.8, 4) is 0 Å². The number of halogens is 1. The van der Waals surface area contributed by atoms with Crippen LogP contribution in [0.1, 0.15) is 5.56 Å². The van der Waals surface area contributed by atoms with Crippen LogP contribution < -0.4 is 0 Å². The van der Waals surface area contributed by atoms with Crippen LogP contribution in [0.25, 0.3) is 0 Å². The van der Waals surface area contributed by atoms with Crippen molar-refractivity contribution in [1.29, 1.82) is 0 Å². The number of benzene rings is 1. The summed E-state index contributed by atoms with van der Waals surface area (Å²) >= 11 is 0. The zero-order valence-corrected chi connectivity index (χ0v) is 8.39. The van der Waals surface area contributed by atoms with E-state index in [0.29, 0.717) is 5.56 Å². The van der Waals surface area contributed by atoms with E-state index in [4.69, 9.17) is 9.84 Å². The van der Waals surface area contributed by atoms with Crippen molar-refractivity contribution in [2.24, 2.45) is 4.99 Å². The lowest BCUT2D eigenvalue weighted by Crippen LogP contribution is -2.18. The summed E-state index contributed by atoms with van der Waals surface area (Å²) in [6, 6.07) is 5.41. The highest BCUT2D eigenvalue weighted by Crippen LogP contribution is 2.12. The largest absolute Gasteiger partial charge is 0.480 e. The average Bonchev–Trinajstić information content (AvgIpc) is 2.70. The third kappa shape index (κ3) is 2.18. The minimum absolute atomic E-state index is 0.0269. The van der Waals surface area contributed by atoms with Gasteiger partial charge in [0.2, 0.25) is 0 Å². The maximum Gasteiger partial charge on any atom is 0.332 e. The Kier molecular flexibility index (Phi) is 2.85. The van der Waals surface area contributed by atoms with Gasteiger partial charge in [-0.15, -0.1) is 0 Å². The van der Waals surface area contributed by atoms with Gasteiger partial charge in [0.15, 0.2) is 11.9 Å². The van der Waals surface area contributed by atoms with Gasteiger partial charge in [0.25, 0.3) is 0 Å². The van der Waals surface area contributed by atoms with Crippen molar-refractivity contribution >= 4 is 11.9 Å². The van der Waals surface area contributed by atoms with Gasteiger partial charge in [-0.25, -0.2) is 14.2 Å². The van der Waals surface area contributed by atoms with Gasteiger partial charge in [-0.05, 0) is 11.6 Å². The first kappa shape index (κ1) is 10.6. The van der Waals surface area contributed by atoms with Crippen LogP contribution >= 0.6 is 0 Å². The van der Waals surface area contributed by atoms with E-state index >= 15 is 0 Å². The van der Waals surface area contributed by atoms with Gasteiger partial charge in [-0.3, -0.25) is 0 Å². The molecular weight excluding hydrogens is 213 g/mol. The molecule has 0 saturated heterocycles. The fourth-order valence-electron chi connectivity index (χ4n) is 1.45. The molecule has 1 aromatic rings. The molecule has 84 valence electrons. The summed E-state index contributed by atoms with van der Waals surface area (Å²) in [4.78, 5) is 14.5. The number of nitrogens with zero attached hydrogens (tertiary/aromatic N) is 1. The summed E-state index contributed by atoms with van der Waals surface area (Å²) in [6.45, 7) is 0.0269. The van der Waals surface area contributed by atoms with Gasteiger partial charge in [-0.2, -0.15) is 0 Å².